The highest BCUT2D eigenvalue weighted by Crippen LogP contribution is 2.33. The molecule has 0 aliphatic carbocycles. The van der Waals surface area contributed by atoms with Crippen LogP contribution in [0.2, 0.25) is 0 Å². The number of amides is 1. The van der Waals surface area contributed by atoms with Gasteiger partial charge in [-0.1, -0.05) is 71.9 Å². The first-order valence-electron chi connectivity index (χ1n) is 10.2. The SMILES string of the molecule is COc1ccccc1-c1nnc(SCC(=O)NCc2ccccc2)n1-c1ccc(C)cc1. The average molecular weight is 445 g/mol. The minimum Gasteiger partial charge on any atom is -0.496 e. The zero-order valence-corrected chi connectivity index (χ0v) is 18.8. The lowest BCUT2D eigenvalue weighted by Crippen LogP contribution is -2.24. The molecule has 0 saturated heterocycles. The molecule has 32 heavy (non-hydrogen) atoms. The maximum absolute atomic E-state index is 12.4. The summed E-state index contributed by atoms with van der Waals surface area (Å²) in [5.74, 6) is 1.56. The molecule has 0 unspecified atom stereocenters. The second-order valence-electron chi connectivity index (χ2n) is 7.23. The zero-order chi connectivity index (χ0) is 22.3. The Morgan fingerprint density at radius 1 is 0.969 bits per heavy atom. The fraction of sp³-hybridized carbons (Fsp3) is 0.160. The van der Waals surface area contributed by atoms with Crippen LogP contribution in [-0.2, 0) is 11.3 Å². The summed E-state index contributed by atoms with van der Waals surface area (Å²) in [6.07, 6.45) is 0. The van der Waals surface area contributed by atoms with E-state index in [-0.39, 0.29) is 11.7 Å². The highest BCUT2D eigenvalue weighted by Gasteiger charge is 2.19. The number of aryl methyl sites for hydroxylation is 1. The minimum atomic E-state index is -0.0591. The number of thioether (sulfide) groups is 1. The first-order valence-corrected chi connectivity index (χ1v) is 11.2. The fourth-order valence-corrected chi connectivity index (χ4v) is 4.05. The van der Waals surface area contributed by atoms with E-state index in [1.54, 1.807) is 7.11 Å². The van der Waals surface area contributed by atoms with Crippen molar-refractivity contribution in [1.29, 1.82) is 0 Å². The van der Waals surface area contributed by atoms with Gasteiger partial charge in [-0.15, -0.1) is 10.2 Å². The standard InChI is InChI=1S/C25H24N4O2S/c1-18-12-14-20(15-13-18)29-24(21-10-6-7-11-22(21)31-2)27-28-25(29)32-17-23(30)26-16-19-8-4-3-5-9-19/h3-15H,16-17H2,1-2H3,(H,26,30). The first-order chi connectivity index (χ1) is 15.7. The normalized spacial score (nSPS) is 10.7. The Morgan fingerprint density at radius 3 is 2.44 bits per heavy atom. The van der Waals surface area contributed by atoms with E-state index in [1.165, 1.54) is 11.8 Å². The van der Waals surface area contributed by atoms with Gasteiger partial charge >= 0.3 is 0 Å². The molecule has 7 heteroatoms. The van der Waals surface area contributed by atoms with Crippen LogP contribution in [0.15, 0.2) is 84.0 Å². The lowest BCUT2D eigenvalue weighted by Gasteiger charge is -2.13. The van der Waals surface area contributed by atoms with Gasteiger partial charge in [-0.2, -0.15) is 0 Å². The molecule has 0 spiro atoms. The van der Waals surface area contributed by atoms with Crippen LogP contribution in [0, 0.1) is 6.92 Å². The monoisotopic (exact) mass is 444 g/mol. The number of benzene rings is 3. The van der Waals surface area contributed by atoms with Crippen LogP contribution in [0.5, 0.6) is 5.75 Å². The summed E-state index contributed by atoms with van der Waals surface area (Å²) in [5.41, 5.74) is 3.99. The molecule has 0 bridgehead atoms. The van der Waals surface area contributed by atoms with Gasteiger partial charge in [0, 0.05) is 12.2 Å². The second-order valence-corrected chi connectivity index (χ2v) is 8.17. The van der Waals surface area contributed by atoms with Crippen LogP contribution in [0.4, 0.5) is 0 Å². The molecular formula is C25H24N4O2S. The minimum absolute atomic E-state index is 0.0591. The maximum Gasteiger partial charge on any atom is 0.230 e. The number of para-hydroxylation sites is 1. The lowest BCUT2D eigenvalue weighted by atomic mass is 10.1. The predicted octanol–water partition coefficient (Wildman–Crippen LogP) is 4.66. The van der Waals surface area contributed by atoms with Crippen LogP contribution in [0.3, 0.4) is 0 Å². The van der Waals surface area contributed by atoms with Crippen molar-refractivity contribution in [3.63, 3.8) is 0 Å². The molecule has 6 nitrogen and oxygen atoms in total. The van der Waals surface area contributed by atoms with E-state index in [9.17, 15) is 4.79 Å². The van der Waals surface area contributed by atoms with Crippen molar-refractivity contribution in [2.75, 3.05) is 12.9 Å². The lowest BCUT2D eigenvalue weighted by molar-refractivity contribution is -0.118. The van der Waals surface area contributed by atoms with E-state index in [1.807, 2.05) is 90.4 Å². The molecule has 0 saturated carbocycles. The van der Waals surface area contributed by atoms with Crippen LogP contribution in [-0.4, -0.2) is 33.5 Å². The van der Waals surface area contributed by atoms with E-state index in [4.69, 9.17) is 4.74 Å². The van der Waals surface area contributed by atoms with E-state index >= 15 is 0 Å². The van der Waals surface area contributed by atoms with Gasteiger partial charge < -0.3 is 10.1 Å². The quantitative estimate of drug-likeness (QED) is 0.400. The van der Waals surface area contributed by atoms with Crippen LogP contribution < -0.4 is 10.1 Å². The van der Waals surface area contributed by atoms with Gasteiger partial charge in [-0.3, -0.25) is 9.36 Å². The summed E-state index contributed by atoms with van der Waals surface area (Å²) in [6.45, 7) is 2.54. The number of hydrogen-bond donors (Lipinski definition) is 1. The van der Waals surface area contributed by atoms with Gasteiger partial charge in [0.15, 0.2) is 11.0 Å². The molecule has 1 heterocycles. The highest BCUT2D eigenvalue weighted by atomic mass is 32.2. The van der Waals surface area contributed by atoms with Gasteiger partial charge in [0.1, 0.15) is 5.75 Å². The van der Waals surface area contributed by atoms with E-state index in [0.717, 1.165) is 22.4 Å². The van der Waals surface area contributed by atoms with E-state index < -0.39 is 0 Å². The Kier molecular flexibility index (Phi) is 6.87. The molecule has 1 amide bonds. The molecule has 0 radical (unpaired) electrons. The topological polar surface area (TPSA) is 69.0 Å². The van der Waals surface area contributed by atoms with Gasteiger partial charge in [-0.05, 0) is 36.8 Å². The van der Waals surface area contributed by atoms with Crippen molar-refractivity contribution in [2.45, 2.75) is 18.6 Å². The highest BCUT2D eigenvalue weighted by molar-refractivity contribution is 7.99. The van der Waals surface area contributed by atoms with Gasteiger partial charge in [0.25, 0.3) is 0 Å². The average Bonchev–Trinajstić information content (AvgIpc) is 3.26. The number of hydrogen-bond acceptors (Lipinski definition) is 5. The third-order valence-corrected chi connectivity index (χ3v) is 5.87. The smallest absolute Gasteiger partial charge is 0.230 e. The van der Waals surface area contributed by atoms with Gasteiger partial charge in [0.05, 0.1) is 18.4 Å². The number of carbonyl (C=O) groups excluding carboxylic acids is 1. The number of carbonyl (C=O) groups is 1. The van der Waals surface area contributed by atoms with Crippen molar-refractivity contribution in [2.24, 2.45) is 0 Å². The maximum atomic E-state index is 12.4. The Morgan fingerprint density at radius 2 is 1.69 bits per heavy atom. The zero-order valence-electron chi connectivity index (χ0n) is 18.0. The van der Waals surface area contributed by atoms with E-state index in [2.05, 4.69) is 15.5 Å². The number of rotatable bonds is 8. The molecule has 0 fully saturated rings. The number of ether oxygens (including phenoxy) is 1. The van der Waals surface area contributed by atoms with Crippen LogP contribution in [0.25, 0.3) is 17.1 Å². The Hall–Kier alpha value is -3.58. The summed E-state index contributed by atoms with van der Waals surface area (Å²) in [6, 6.07) is 25.7. The number of nitrogens with zero attached hydrogens (tertiary/aromatic N) is 3. The molecule has 0 aliphatic rings. The van der Waals surface area contributed by atoms with Gasteiger partial charge in [-0.25, -0.2) is 0 Å². The van der Waals surface area contributed by atoms with Crippen molar-refractivity contribution in [1.82, 2.24) is 20.1 Å². The molecule has 1 aromatic heterocycles. The van der Waals surface area contributed by atoms with Crippen LogP contribution >= 0.6 is 11.8 Å². The summed E-state index contributed by atoms with van der Waals surface area (Å²) in [4.78, 5) is 12.4. The van der Waals surface area contributed by atoms with Crippen molar-refractivity contribution in [3.05, 3.63) is 90.0 Å². The number of aromatic nitrogens is 3. The number of methoxy groups -OCH3 is 1. The largest absolute Gasteiger partial charge is 0.496 e. The Labute approximate surface area is 191 Å². The molecule has 4 aromatic rings. The summed E-state index contributed by atoms with van der Waals surface area (Å²) in [7, 11) is 1.64. The summed E-state index contributed by atoms with van der Waals surface area (Å²) < 4.78 is 7.50. The summed E-state index contributed by atoms with van der Waals surface area (Å²) >= 11 is 1.35. The molecule has 3 aromatic carbocycles. The fourth-order valence-electron chi connectivity index (χ4n) is 3.27. The van der Waals surface area contributed by atoms with Gasteiger partial charge in [0.2, 0.25) is 5.91 Å². The molecule has 0 atom stereocenters. The Balaban J connectivity index is 1.58. The summed E-state index contributed by atoms with van der Waals surface area (Å²) in [5, 5.41) is 12.4. The first kappa shape index (κ1) is 21.6. The molecular weight excluding hydrogens is 420 g/mol. The molecule has 4 rings (SSSR count). The van der Waals surface area contributed by atoms with Crippen molar-refractivity contribution < 1.29 is 9.53 Å². The molecule has 162 valence electrons. The van der Waals surface area contributed by atoms with Crippen molar-refractivity contribution in [3.8, 4) is 22.8 Å². The Bertz CT molecular complexity index is 1190. The number of nitrogens with one attached hydrogen (secondary N) is 1. The molecule has 1 N–H and O–H groups in total. The van der Waals surface area contributed by atoms with E-state index in [0.29, 0.717) is 23.3 Å². The predicted molar refractivity (Wildman–Crippen MR) is 127 cm³/mol. The van der Waals surface area contributed by atoms with Crippen molar-refractivity contribution >= 4 is 17.7 Å². The molecule has 0 aliphatic heterocycles. The third kappa shape index (κ3) is 5.00. The second kappa shape index (κ2) is 10.2. The van der Waals surface area contributed by atoms with Crippen LogP contribution in [0.1, 0.15) is 11.1 Å². The third-order valence-electron chi connectivity index (χ3n) is 4.94.